The molecule has 1 atom stereocenters. The number of halogens is 2. The molecule has 0 bridgehead atoms. The summed E-state index contributed by atoms with van der Waals surface area (Å²) in [7, 11) is 0. The minimum Gasteiger partial charge on any atom is -0.350 e. The first-order valence-corrected chi connectivity index (χ1v) is 5.76. The van der Waals surface area contributed by atoms with Crippen LogP contribution in [-0.2, 0) is 4.79 Å². The Morgan fingerprint density at radius 3 is 2.31 bits per heavy atom. The van der Waals surface area contributed by atoms with E-state index in [1.807, 2.05) is 0 Å². The topological polar surface area (TPSA) is 32.3 Å². The average molecular weight is 275 g/mol. The molecule has 0 saturated carbocycles. The Labute approximate surface area is 108 Å². The van der Waals surface area contributed by atoms with Crippen molar-refractivity contribution in [3.05, 3.63) is 28.2 Å². The molecule has 0 aliphatic carbocycles. The quantitative estimate of drug-likeness (QED) is 0.799. The van der Waals surface area contributed by atoms with Crippen LogP contribution < -0.4 is 10.2 Å². The van der Waals surface area contributed by atoms with Crippen LogP contribution in [-0.4, -0.2) is 17.1 Å². The highest BCUT2D eigenvalue weighted by Gasteiger charge is 2.33. The lowest BCUT2D eigenvalue weighted by atomic mass is 10.2. The average Bonchev–Trinajstić information content (AvgIpc) is 2.39. The second kappa shape index (κ2) is 4.20. The van der Waals surface area contributed by atoms with Gasteiger partial charge in [-0.25, -0.2) is 0 Å². The molecule has 0 unspecified atom stereocenters. The number of anilines is 1. The Balaban J connectivity index is 2.44. The fourth-order valence-corrected chi connectivity index (χ4v) is 2.40. The molecule has 3 nitrogen and oxygen atoms in total. The summed E-state index contributed by atoms with van der Waals surface area (Å²) >= 11 is 16.8. The van der Waals surface area contributed by atoms with Gasteiger partial charge in [0.15, 0.2) is 5.11 Å². The van der Waals surface area contributed by atoms with Crippen molar-refractivity contribution in [1.29, 1.82) is 0 Å². The Kier molecular flexibility index (Phi) is 3.06. The minimum atomic E-state index is -0.315. The van der Waals surface area contributed by atoms with Crippen LogP contribution in [0.15, 0.2) is 18.2 Å². The van der Waals surface area contributed by atoms with Crippen LogP contribution in [0.5, 0.6) is 0 Å². The van der Waals surface area contributed by atoms with Crippen molar-refractivity contribution in [1.82, 2.24) is 5.32 Å². The van der Waals surface area contributed by atoms with Crippen molar-refractivity contribution in [2.75, 3.05) is 4.90 Å². The molecule has 1 aliphatic heterocycles. The Morgan fingerprint density at radius 2 is 1.88 bits per heavy atom. The fraction of sp³-hybridized carbons (Fsp3) is 0.200. The molecular weight excluding hydrogens is 267 g/mol. The fourth-order valence-electron chi connectivity index (χ4n) is 1.52. The number of hydrogen-bond donors (Lipinski definition) is 1. The van der Waals surface area contributed by atoms with Crippen LogP contribution in [0.1, 0.15) is 6.92 Å². The summed E-state index contributed by atoms with van der Waals surface area (Å²) in [6, 6.07) is 4.59. The van der Waals surface area contributed by atoms with Gasteiger partial charge in [0, 0.05) is 10.0 Å². The lowest BCUT2D eigenvalue weighted by molar-refractivity contribution is -0.117. The van der Waals surface area contributed by atoms with E-state index < -0.39 is 0 Å². The first kappa shape index (κ1) is 11.6. The molecule has 0 radical (unpaired) electrons. The molecule has 1 aromatic carbocycles. The normalized spacial score (nSPS) is 20.2. The number of amides is 1. The number of carbonyl (C=O) groups is 1. The zero-order valence-corrected chi connectivity index (χ0v) is 10.7. The second-order valence-corrected chi connectivity index (χ2v) is 4.73. The third-order valence-electron chi connectivity index (χ3n) is 2.24. The highest BCUT2D eigenvalue weighted by atomic mass is 35.5. The van der Waals surface area contributed by atoms with Gasteiger partial charge in [0.05, 0.1) is 5.69 Å². The van der Waals surface area contributed by atoms with Crippen LogP contribution in [0.4, 0.5) is 5.69 Å². The lowest BCUT2D eigenvalue weighted by Crippen LogP contribution is -2.30. The van der Waals surface area contributed by atoms with Crippen LogP contribution in [0.25, 0.3) is 0 Å². The molecule has 1 heterocycles. The summed E-state index contributed by atoms with van der Waals surface area (Å²) in [5, 5.41) is 4.19. The number of nitrogens with one attached hydrogen (secondary N) is 1. The summed E-state index contributed by atoms with van der Waals surface area (Å²) in [5.41, 5.74) is 0.587. The van der Waals surface area contributed by atoms with Gasteiger partial charge >= 0.3 is 0 Å². The Hall–Kier alpha value is -0.840. The molecule has 1 amide bonds. The van der Waals surface area contributed by atoms with E-state index in [4.69, 9.17) is 35.4 Å². The molecule has 1 fully saturated rings. The maximum atomic E-state index is 11.8. The van der Waals surface area contributed by atoms with E-state index in [0.29, 0.717) is 20.8 Å². The highest BCUT2D eigenvalue weighted by Crippen LogP contribution is 2.27. The standard InChI is InChI=1S/C10H8Cl2N2OS/c1-5-9(15)14(10(16)13-5)8-3-6(11)2-7(12)4-8/h2-5H,1H3,(H,13,16)/t5-/m0/s1. The van der Waals surface area contributed by atoms with Gasteiger partial charge in [0.2, 0.25) is 0 Å². The molecule has 1 aromatic rings. The van der Waals surface area contributed by atoms with Crippen molar-refractivity contribution < 1.29 is 4.79 Å². The molecule has 84 valence electrons. The molecular formula is C10H8Cl2N2OS. The highest BCUT2D eigenvalue weighted by molar-refractivity contribution is 7.80. The number of rotatable bonds is 1. The summed E-state index contributed by atoms with van der Waals surface area (Å²) in [6.07, 6.45) is 0. The third kappa shape index (κ3) is 2.00. The smallest absolute Gasteiger partial charge is 0.255 e. The van der Waals surface area contributed by atoms with Crippen LogP contribution in [0.3, 0.4) is 0 Å². The van der Waals surface area contributed by atoms with Gasteiger partial charge in [0.1, 0.15) is 6.04 Å². The number of hydrogen-bond acceptors (Lipinski definition) is 2. The first-order chi connectivity index (χ1) is 7.49. The summed E-state index contributed by atoms with van der Waals surface area (Å²) in [5.74, 6) is -0.108. The van der Waals surface area contributed by atoms with Gasteiger partial charge in [-0.3, -0.25) is 9.69 Å². The molecule has 0 spiro atoms. The summed E-state index contributed by atoms with van der Waals surface area (Å²) in [6.45, 7) is 1.75. The van der Waals surface area contributed by atoms with Gasteiger partial charge in [-0.2, -0.15) is 0 Å². The van der Waals surface area contributed by atoms with Gasteiger partial charge in [-0.15, -0.1) is 0 Å². The maximum absolute atomic E-state index is 11.8. The zero-order valence-electron chi connectivity index (χ0n) is 8.33. The van der Waals surface area contributed by atoms with Crippen molar-refractivity contribution >= 4 is 52.1 Å². The Morgan fingerprint density at radius 1 is 1.31 bits per heavy atom. The van der Waals surface area contributed by atoms with Crippen molar-refractivity contribution in [2.45, 2.75) is 13.0 Å². The van der Waals surface area contributed by atoms with E-state index in [1.165, 1.54) is 4.90 Å². The largest absolute Gasteiger partial charge is 0.350 e. The van der Waals surface area contributed by atoms with Crippen LogP contribution in [0, 0.1) is 0 Å². The number of benzene rings is 1. The van der Waals surface area contributed by atoms with E-state index in [-0.39, 0.29) is 11.9 Å². The van der Waals surface area contributed by atoms with E-state index >= 15 is 0 Å². The van der Waals surface area contributed by atoms with Crippen LogP contribution >= 0.6 is 35.4 Å². The number of thiocarbonyl (C=S) groups is 1. The van der Waals surface area contributed by atoms with Crippen molar-refractivity contribution in [3.63, 3.8) is 0 Å². The number of carbonyl (C=O) groups excluding carboxylic acids is 1. The molecule has 0 aromatic heterocycles. The number of nitrogens with zero attached hydrogens (tertiary/aromatic N) is 1. The predicted octanol–water partition coefficient (Wildman–Crippen LogP) is 2.60. The van der Waals surface area contributed by atoms with Crippen molar-refractivity contribution in [2.24, 2.45) is 0 Å². The Bertz CT molecular complexity index is 458. The summed E-state index contributed by atoms with van der Waals surface area (Å²) in [4.78, 5) is 13.2. The molecule has 1 saturated heterocycles. The van der Waals surface area contributed by atoms with Gasteiger partial charge < -0.3 is 5.32 Å². The third-order valence-corrected chi connectivity index (χ3v) is 2.98. The molecule has 1 N–H and O–H groups in total. The molecule has 2 rings (SSSR count). The van der Waals surface area contributed by atoms with Gasteiger partial charge in [-0.1, -0.05) is 23.2 Å². The second-order valence-electron chi connectivity index (χ2n) is 3.47. The summed E-state index contributed by atoms with van der Waals surface area (Å²) < 4.78 is 0. The predicted molar refractivity (Wildman–Crippen MR) is 69.1 cm³/mol. The monoisotopic (exact) mass is 274 g/mol. The van der Waals surface area contributed by atoms with Crippen molar-refractivity contribution in [3.8, 4) is 0 Å². The molecule has 1 aliphatic rings. The van der Waals surface area contributed by atoms with E-state index in [9.17, 15) is 4.79 Å². The minimum absolute atomic E-state index is 0.108. The van der Waals surface area contributed by atoms with Gasteiger partial charge in [-0.05, 0) is 37.3 Å². The molecule has 6 heteroatoms. The maximum Gasteiger partial charge on any atom is 0.255 e. The van der Waals surface area contributed by atoms with Gasteiger partial charge in [0.25, 0.3) is 5.91 Å². The van der Waals surface area contributed by atoms with E-state index in [2.05, 4.69) is 5.32 Å². The zero-order chi connectivity index (χ0) is 11.9. The van der Waals surface area contributed by atoms with E-state index in [0.717, 1.165) is 0 Å². The first-order valence-electron chi connectivity index (χ1n) is 4.59. The SMILES string of the molecule is C[C@@H]1NC(=S)N(c2cc(Cl)cc(Cl)c2)C1=O. The van der Waals surface area contributed by atoms with E-state index in [1.54, 1.807) is 25.1 Å². The lowest BCUT2D eigenvalue weighted by Gasteiger charge is -2.15. The van der Waals surface area contributed by atoms with Crippen LogP contribution in [0.2, 0.25) is 10.0 Å². The molecule has 16 heavy (non-hydrogen) atoms.